The molecule has 0 unspecified atom stereocenters. The van der Waals surface area contributed by atoms with Crippen LogP contribution in [-0.2, 0) is 13.0 Å². The van der Waals surface area contributed by atoms with E-state index in [2.05, 4.69) is 22.0 Å². The van der Waals surface area contributed by atoms with Crippen LogP contribution in [0.5, 0.6) is 5.75 Å². The van der Waals surface area contributed by atoms with Crippen molar-refractivity contribution in [3.8, 4) is 11.8 Å². The zero-order valence-electron chi connectivity index (χ0n) is 11.3. The van der Waals surface area contributed by atoms with Gasteiger partial charge in [-0.1, -0.05) is 29.8 Å². The maximum atomic E-state index is 8.83. The summed E-state index contributed by atoms with van der Waals surface area (Å²) in [6.45, 7) is 0.898. The van der Waals surface area contributed by atoms with E-state index in [-0.39, 0.29) is 0 Å². The molecule has 21 heavy (non-hydrogen) atoms. The van der Waals surface area contributed by atoms with E-state index in [1.54, 1.807) is 18.2 Å². The lowest BCUT2D eigenvalue weighted by Gasteiger charge is -2.13. The topological polar surface area (TPSA) is 59.0 Å². The lowest BCUT2D eigenvalue weighted by Crippen LogP contribution is -2.06. The quantitative estimate of drug-likeness (QED) is 0.869. The van der Waals surface area contributed by atoms with Crippen molar-refractivity contribution in [1.29, 1.82) is 5.26 Å². The highest BCUT2D eigenvalue weighted by Gasteiger charge is 2.09. The Labute approximate surface area is 137 Å². The molecule has 3 nitrogen and oxygen atoms in total. The Bertz CT molecular complexity index is 682. The molecular formula is C16H14BrClN2O. The molecule has 0 aliphatic heterocycles. The molecular weight excluding hydrogens is 352 g/mol. The minimum Gasteiger partial charge on any atom is -0.487 e. The average Bonchev–Trinajstić information content (AvgIpc) is 2.48. The summed E-state index contributed by atoms with van der Waals surface area (Å²) in [5.41, 5.74) is 8.05. The molecule has 0 amide bonds. The molecule has 2 aromatic carbocycles. The van der Waals surface area contributed by atoms with E-state index in [1.807, 2.05) is 18.2 Å². The highest BCUT2D eigenvalue weighted by atomic mass is 79.9. The SMILES string of the molecule is N#Cc1ccc(COc2c(Br)cccc2CCN)c(Cl)c1. The zero-order valence-corrected chi connectivity index (χ0v) is 13.6. The van der Waals surface area contributed by atoms with Crippen LogP contribution in [-0.4, -0.2) is 6.54 Å². The summed E-state index contributed by atoms with van der Waals surface area (Å²) in [4.78, 5) is 0. The molecule has 0 aromatic heterocycles. The monoisotopic (exact) mass is 364 g/mol. The zero-order chi connectivity index (χ0) is 15.2. The van der Waals surface area contributed by atoms with Gasteiger partial charge in [-0.25, -0.2) is 0 Å². The van der Waals surface area contributed by atoms with Gasteiger partial charge in [0.2, 0.25) is 0 Å². The van der Waals surface area contributed by atoms with Crippen LogP contribution in [0.2, 0.25) is 5.02 Å². The standard InChI is InChI=1S/C16H14BrClN2O/c17-14-3-1-2-12(6-7-19)16(14)21-10-13-5-4-11(9-20)8-15(13)18/h1-5,8H,6-7,10,19H2. The van der Waals surface area contributed by atoms with Gasteiger partial charge in [0.25, 0.3) is 0 Å². The fourth-order valence-electron chi connectivity index (χ4n) is 1.95. The Balaban J connectivity index is 2.19. The van der Waals surface area contributed by atoms with Crippen molar-refractivity contribution in [3.63, 3.8) is 0 Å². The minimum atomic E-state index is 0.338. The summed E-state index contributed by atoms with van der Waals surface area (Å²) in [6.07, 6.45) is 0.746. The Morgan fingerprint density at radius 3 is 2.71 bits per heavy atom. The number of ether oxygens (including phenoxy) is 1. The number of nitrogens with zero attached hydrogens (tertiary/aromatic N) is 1. The fraction of sp³-hybridized carbons (Fsp3) is 0.188. The molecule has 0 aliphatic carbocycles. The maximum absolute atomic E-state index is 8.83. The molecule has 0 atom stereocenters. The Morgan fingerprint density at radius 2 is 2.05 bits per heavy atom. The second kappa shape index (κ2) is 7.46. The van der Waals surface area contributed by atoms with Gasteiger partial charge in [0.05, 0.1) is 16.1 Å². The van der Waals surface area contributed by atoms with Crippen LogP contribution in [0.1, 0.15) is 16.7 Å². The average molecular weight is 366 g/mol. The van der Waals surface area contributed by atoms with Gasteiger partial charge in [0.1, 0.15) is 12.4 Å². The van der Waals surface area contributed by atoms with Crippen molar-refractivity contribution in [1.82, 2.24) is 0 Å². The molecule has 2 rings (SSSR count). The van der Waals surface area contributed by atoms with E-state index < -0.39 is 0 Å². The first kappa shape index (κ1) is 15.8. The molecule has 2 N–H and O–H groups in total. The predicted octanol–water partition coefficient (Wildman–Crippen LogP) is 4.05. The van der Waals surface area contributed by atoms with Crippen LogP contribution >= 0.6 is 27.5 Å². The summed E-state index contributed by atoms with van der Waals surface area (Å²) in [6, 6.07) is 13.1. The Hall–Kier alpha value is -1.54. The van der Waals surface area contributed by atoms with E-state index in [9.17, 15) is 0 Å². The molecule has 5 heteroatoms. The highest BCUT2D eigenvalue weighted by molar-refractivity contribution is 9.10. The number of nitrogens with two attached hydrogens (primary N) is 1. The lowest BCUT2D eigenvalue weighted by molar-refractivity contribution is 0.301. The molecule has 0 saturated heterocycles. The molecule has 0 fully saturated rings. The Morgan fingerprint density at radius 1 is 1.24 bits per heavy atom. The summed E-state index contributed by atoms with van der Waals surface area (Å²) in [5.74, 6) is 0.781. The Kier molecular flexibility index (Phi) is 5.63. The summed E-state index contributed by atoms with van der Waals surface area (Å²) >= 11 is 9.64. The van der Waals surface area contributed by atoms with E-state index in [0.29, 0.717) is 23.7 Å². The number of rotatable bonds is 5. The van der Waals surface area contributed by atoms with Crippen LogP contribution in [0.15, 0.2) is 40.9 Å². The third kappa shape index (κ3) is 3.98. The third-order valence-corrected chi connectivity index (χ3v) is 3.99. The summed E-state index contributed by atoms with van der Waals surface area (Å²) in [7, 11) is 0. The molecule has 2 aromatic rings. The smallest absolute Gasteiger partial charge is 0.137 e. The second-order valence-corrected chi connectivity index (χ2v) is 5.73. The number of hydrogen-bond acceptors (Lipinski definition) is 3. The number of nitriles is 1. The van der Waals surface area contributed by atoms with E-state index in [1.165, 1.54) is 0 Å². The van der Waals surface area contributed by atoms with Gasteiger partial charge >= 0.3 is 0 Å². The van der Waals surface area contributed by atoms with Crippen molar-refractivity contribution in [2.75, 3.05) is 6.54 Å². The minimum absolute atomic E-state index is 0.338. The van der Waals surface area contributed by atoms with Gasteiger partial charge in [-0.3, -0.25) is 0 Å². The second-order valence-electron chi connectivity index (χ2n) is 4.47. The largest absolute Gasteiger partial charge is 0.487 e. The van der Waals surface area contributed by atoms with Crippen LogP contribution in [0, 0.1) is 11.3 Å². The van der Waals surface area contributed by atoms with Gasteiger partial charge in [-0.2, -0.15) is 5.26 Å². The van der Waals surface area contributed by atoms with E-state index in [4.69, 9.17) is 27.3 Å². The van der Waals surface area contributed by atoms with Gasteiger partial charge in [0, 0.05) is 10.6 Å². The van der Waals surface area contributed by atoms with Gasteiger partial charge in [-0.05, 0) is 52.7 Å². The van der Waals surface area contributed by atoms with Crippen LogP contribution in [0.4, 0.5) is 0 Å². The molecule has 0 spiro atoms. The number of benzene rings is 2. The van der Waals surface area contributed by atoms with E-state index >= 15 is 0 Å². The number of para-hydroxylation sites is 1. The number of halogens is 2. The first-order valence-corrected chi connectivity index (χ1v) is 7.61. The van der Waals surface area contributed by atoms with Crippen molar-refractivity contribution < 1.29 is 4.74 Å². The van der Waals surface area contributed by atoms with Gasteiger partial charge < -0.3 is 10.5 Å². The predicted molar refractivity (Wildman–Crippen MR) is 87.4 cm³/mol. The van der Waals surface area contributed by atoms with Crippen molar-refractivity contribution in [2.24, 2.45) is 5.73 Å². The molecule has 0 saturated carbocycles. The number of hydrogen-bond donors (Lipinski definition) is 1. The van der Waals surface area contributed by atoms with Crippen LogP contribution in [0.3, 0.4) is 0 Å². The molecule has 0 aliphatic rings. The first-order valence-electron chi connectivity index (χ1n) is 6.44. The lowest BCUT2D eigenvalue weighted by atomic mass is 10.1. The van der Waals surface area contributed by atoms with Crippen LogP contribution in [0.25, 0.3) is 0 Å². The molecule has 0 bridgehead atoms. The van der Waals surface area contributed by atoms with E-state index in [0.717, 1.165) is 27.8 Å². The molecule has 108 valence electrons. The summed E-state index contributed by atoms with van der Waals surface area (Å²) < 4.78 is 6.78. The molecule has 0 heterocycles. The maximum Gasteiger partial charge on any atom is 0.137 e. The molecule has 0 radical (unpaired) electrons. The van der Waals surface area contributed by atoms with Crippen molar-refractivity contribution in [2.45, 2.75) is 13.0 Å². The van der Waals surface area contributed by atoms with Crippen LogP contribution < -0.4 is 10.5 Å². The third-order valence-electron chi connectivity index (χ3n) is 3.02. The van der Waals surface area contributed by atoms with Crippen molar-refractivity contribution in [3.05, 3.63) is 62.6 Å². The summed E-state index contributed by atoms with van der Waals surface area (Å²) in [5, 5.41) is 9.36. The highest BCUT2D eigenvalue weighted by Crippen LogP contribution is 2.31. The van der Waals surface area contributed by atoms with Gasteiger partial charge in [-0.15, -0.1) is 0 Å². The van der Waals surface area contributed by atoms with Crippen molar-refractivity contribution >= 4 is 27.5 Å². The van der Waals surface area contributed by atoms with Gasteiger partial charge in [0.15, 0.2) is 0 Å². The fourth-order valence-corrected chi connectivity index (χ4v) is 2.71. The first-order chi connectivity index (χ1) is 10.2. The normalized spacial score (nSPS) is 10.2.